The molecule has 0 radical (unpaired) electrons. The molecule has 1 rings (SSSR count). The minimum absolute atomic E-state index is 0.0538. The number of hydrogen-bond acceptors (Lipinski definition) is 11. The third-order valence-corrected chi connectivity index (χ3v) is 12.5. The Morgan fingerprint density at radius 1 is 0.478 bits per heavy atom. The number of unbranched alkanes of at least 4 members (excludes halogenated alkanes) is 28. The minimum Gasteiger partial charge on any atom is -0.479 e. The van der Waals surface area contributed by atoms with Crippen molar-refractivity contribution in [2.24, 2.45) is 0 Å². The van der Waals surface area contributed by atoms with E-state index in [1.807, 2.05) is 0 Å². The summed E-state index contributed by atoms with van der Waals surface area (Å²) in [5, 5.41) is 31.3. The lowest BCUT2D eigenvalue weighted by Crippen LogP contribution is -2.61. The van der Waals surface area contributed by atoms with Gasteiger partial charge in [-0.1, -0.05) is 186 Å². The van der Waals surface area contributed by atoms with Gasteiger partial charge in [-0.3, -0.25) is 14.4 Å². The van der Waals surface area contributed by atoms with Crippen LogP contribution in [0.2, 0.25) is 0 Å². The molecule has 0 aromatic carbocycles. The minimum atomic E-state index is -1.90. The fourth-order valence-electron chi connectivity index (χ4n) is 8.24. The molecule has 1 fully saturated rings. The predicted octanol–water partition coefficient (Wildman–Crippen LogP) is 13.1. The predicted molar refractivity (Wildman–Crippen MR) is 266 cm³/mol. The lowest BCUT2D eigenvalue weighted by Gasteiger charge is -2.40. The number of carbonyl (C=O) groups excluding carboxylic acids is 3. The largest absolute Gasteiger partial charge is 0.479 e. The molecule has 6 atom stereocenters. The summed E-state index contributed by atoms with van der Waals surface area (Å²) in [6.07, 6.45) is 36.0. The van der Waals surface area contributed by atoms with Gasteiger partial charge in [0.15, 0.2) is 24.6 Å². The molecule has 67 heavy (non-hydrogen) atoms. The molecule has 0 bridgehead atoms. The van der Waals surface area contributed by atoms with Crippen molar-refractivity contribution < 1.29 is 58.2 Å². The fourth-order valence-corrected chi connectivity index (χ4v) is 8.24. The molecule has 3 N–H and O–H groups in total. The van der Waals surface area contributed by atoms with Crippen LogP contribution in [-0.4, -0.2) is 89.2 Å². The summed E-state index contributed by atoms with van der Waals surface area (Å²) < 4.78 is 28.3. The van der Waals surface area contributed by atoms with E-state index >= 15 is 0 Å². The van der Waals surface area contributed by atoms with Crippen molar-refractivity contribution in [3.05, 3.63) is 24.3 Å². The van der Waals surface area contributed by atoms with Crippen LogP contribution < -0.4 is 0 Å². The van der Waals surface area contributed by atoms with Gasteiger partial charge in [0.25, 0.3) is 0 Å². The van der Waals surface area contributed by atoms with E-state index in [1.165, 1.54) is 96.3 Å². The molecular formula is C55H98O12. The molecule has 1 saturated heterocycles. The van der Waals surface area contributed by atoms with Gasteiger partial charge in [-0.2, -0.15) is 0 Å². The van der Waals surface area contributed by atoms with Gasteiger partial charge in [0.1, 0.15) is 18.8 Å². The van der Waals surface area contributed by atoms with E-state index in [9.17, 15) is 34.5 Å². The summed E-state index contributed by atoms with van der Waals surface area (Å²) in [4.78, 5) is 50.8. The molecule has 0 saturated carbocycles. The number of hydrogen-bond donors (Lipinski definition) is 3. The Kier molecular flexibility index (Phi) is 41.2. The summed E-state index contributed by atoms with van der Waals surface area (Å²) in [6.45, 7) is 5.93. The maximum Gasteiger partial charge on any atom is 0.335 e. The van der Waals surface area contributed by atoms with Crippen molar-refractivity contribution in [3.63, 3.8) is 0 Å². The van der Waals surface area contributed by atoms with E-state index in [0.717, 1.165) is 96.3 Å². The van der Waals surface area contributed by atoms with Crippen LogP contribution in [0.15, 0.2) is 24.3 Å². The molecule has 390 valence electrons. The maximum absolute atomic E-state index is 13.0. The number of aliphatic hydroxyl groups excluding tert-OH is 2. The van der Waals surface area contributed by atoms with Crippen molar-refractivity contribution in [1.29, 1.82) is 0 Å². The van der Waals surface area contributed by atoms with E-state index in [-0.39, 0.29) is 25.9 Å². The lowest BCUT2D eigenvalue weighted by atomic mass is 9.98. The van der Waals surface area contributed by atoms with Gasteiger partial charge in [-0.05, 0) is 70.6 Å². The number of allylic oxidation sites excluding steroid dienone is 4. The van der Waals surface area contributed by atoms with E-state index < -0.39 is 67.3 Å². The van der Waals surface area contributed by atoms with Gasteiger partial charge >= 0.3 is 23.9 Å². The second kappa shape index (κ2) is 44.4. The van der Waals surface area contributed by atoms with Crippen LogP contribution in [0.3, 0.4) is 0 Å². The Hall–Kier alpha value is -2.80. The molecule has 12 nitrogen and oxygen atoms in total. The first-order valence-corrected chi connectivity index (χ1v) is 27.3. The molecule has 1 aliphatic rings. The molecule has 0 aromatic heterocycles. The second-order valence-electron chi connectivity index (χ2n) is 18.9. The van der Waals surface area contributed by atoms with E-state index in [4.69, 9.17) is 23.7 Å². The van der Waals surface area contributed by atoms with Crippen LogP contribution in [0.4, 0.5) is 0 Å². The van der Waals surface area contributed by atoms with Crippen molar-refractivity contribution >= 4 is 23.9 Å². The van der Waals surface area contributed by atoms with Crippen molar-refractivity contribution in [2.45, 2.75) is 289 Å². The molecule has 1 aliphatic heterocycles. The highest BCUT2D eigenvalue weighted by atomic mass is 16.7. The van der Waals surface area contributed by atoms with Gasteiger partial charge in [0.2, 0.25) is 0 Å². The number of aliphatic hydroxyl groups is 2. The lowest BCUT2D eigenvalue weighted by molar-refractivity contribution is -0.301. The molecule has 0 spiro atoms. The maximum atomic E-state index is 13.0. The molecular weight excluding hydrogens is 853 g/mol. The zero-order valence-corrected chi connectivity index (χ0v) is 42.7. The quantitative estimate of drug-likeness (QED) is 0.0228. The average Bonchev–Trinajstić information content (AvgIpc) is 3.31. The van der Waals surface area contributed by atoms with E-state index in [0.29, 0.717) is 19.3 Å². The Morgan fingerprint density at radius 2 is 0.851 bits per heavy atom. The summed E-state index contributed by atoms with van der Waals surface area (Å²) in [6, 6.07) is 0. The molecule has 0 aliphatic carbocycles. The van der Waals surface area contributed by atoms with Crippen molar-refractivity contribution in [1.82, 2.24) is 0 Å². The molecule has 6 unspecified atom stereocenters. The Labute approximate surface area is 407 Å². The zero-order chi connectivity index (χ0) is 49.0. The SMILES string of the molecule is CCCCCC/C=C\CCCCCCCC(=O)OCC(COC1OC(C(=O)O)C(O)C(O)C1OC(=O)CCCCCCC/C=C\CCCCCCCC)OC(=O)CCCCCCCCCCC. The topological polar surface area (TPSA) is 175 Å². The van der Waals surface area contributed by atoms with Crippen molar-refractivity contribution in [3.8, 4) is 0 Å². The van der Waals surface area contributed by atoms with Gasteiger partial charge < -0.3 is 39.0 Å². The Balaban J connectivity index is 2.70. The third-order valence-electron chi connectivity index (χ3n) is 12.5. The van der Waals surface area contributed by atoms with Gasteiger partial charge in [0.05, 0.1) is 6.61 Å². The number of rotatable bonds is 46. The van der Waals surface area contributed by atoms with Gasteiger partial charge in [-0.25, -0.2) is 4.79 Å². The van der Waals surface area contributed by atoms with Crippen LogP contribution in [0.1, 0.15) is 252 Å². The zero-order valence-electron chi connectivity index (χ0n) is 42.7. The average molecular weight is 951 g/mol. The Morgan fingerprint density at radius 3 is 1.28 bits per heavy atom. The van der Waals surface area contributed by atoms with Crippen LogP contribution in [0.25, 0.3) is 0 Å². The molecule has 12 heteroatoms. The summed E-state index contributed by atoms with van der Waals surface area (Å²) in [5.41, 5.74) is 0. The monoisotopic (exact) mass is 951 g/mol. The first kappa shape index (κ1) is 62.2. The van der Waals surface area contributed by atoms with Gasteiger partial charge in [0, 0.05) is 19.3 Å². The number of carboxylic acids is 1. The fraction of sp³-hybridized carbons (Fsp3) is 0.855. The second-order valence-corrected chi connectivity index (χ2v) is 18.9. The first-order valence-electron chi connectivity index (χ1n) is 27.3. The van der Waals surface area contributed by atoms with E-state index in [1.54, 1.807) is 0 Å². The van der Waals surface area contributed by atoms with Crippen LogP contribution >= 0.6 is 0 Å². The highest BCUT2D eigenvalue weighted by Gasteiger charge is 2.50. The number of carbonyl (C=O) groups is 4. The normalized spacial score (nSPS) is 19.0. The van der Waals surface area contributed by atoms with Crippen LogP contribution in [0, 0.1) is 0 Å². The molecule has 0 amide bonds. The highest BCUT2D eigenvalue weighted by Crippen LogP contribution is 2.26. The molecule has 0 aromatic rings. The highest BCUT2D eigenvalue weighted by molar-refractivity contribution is 5.74. The van der Waals surface area contributed by atoms with Crippen molar-refractivity contribution in [2.75, 3.05) is 13.2 Å². The first-order chi connectivity index (χ1) is 32.6. The van der Waals surface area contributed by atoms with Crippen LogP contribution in [-0.2, 0) is 42.9 Å². The summed E-state index contributed by atoms with van der Waals surface area (Å²) in [5.74, 6) is -3.12. The summed E-state index contributed by atoms with van der Waals surface area (Å²) in [7, 11) is 0. The summed E-state index contributed by atoms with van der Waals surface area (Å²) >= 11 is 0. The van der Waals surface area contributed by atoms with E-state index in [2.05, 4.69) is 45.1 Å². The third kappa shape index (κ3) is 35.0. The number of carboxylic acid groups (broad SMARTS) is 1. The number of ether oxygens (including phenoxy) is 5. The smallest absolute Gasteiger partial charge is 0.335 e. The Bertz CT molecular complexity index is 1270. The number of esters is 3. The standard InChI is InChI=1S/C55H98O12/c1-4-7-10-13-16-19-21-23-24-26-28-31-34-37-40-43-49(58)66-53-51(60)50(59)52(54(61)62)67-55(53)64-45-46(65-48(57)42-39-36-33-29-18-15-12-9-6-3)44-63-47(56)41-38-35-32-30-27-25-22-20-17-14-11-8-5-2/h20,22-24,46,50-53,55,59-60H,4-19,21,25-45H2,1-3H3,(H,61,62)/b22-20-,24-23-. The van der Waals surface area contributed by atoms with Gasteiger partial charge in [-0.15, -0.1) is 0 Å². The number of aliphatic carboxylic acids is 1. The molecule has 1 heterocycles. The van der Waals surface area contributed by atoms with Crippen LogP contribution in [0.5, 0.6) is 0 Å².